The van der Waals surface area contributed by atoms with Crippen LogP contribution in [0.15, 0.2) is 9.59 Å². The number of hydrogen-bond donors (Lipinski definition) is 1. The van der Waals surface area contributed by atoms with E-state index in [1.54, 1.807) is 7.05 Å². The average Bonchev–Trinajstić information content (AvgIpc) is 2.44. The van der Waals surface area contributed by atoms with Gasteiger partial charge < -0.3 is 5.32 Å². The predicted octanol–water partition coefficient (Wildman–Crippen LogP) is 0.700. The normalized spacial score (nSPS) is 16.1. The summed E-state index contributed by atoms with van der Waals surface area (Å²) in [6.45, 7) is 0. The second-order valence-electron chi connectivity index (χ2n) is 5.02. The van der Waals surface area contributed by atoms with Crippen LogP contribution in [0, 0.1) is 11.3 Å². The lowest BCUT2D eigenvalue weighted by Crippen LogP contribution is -2.41. The molecule has 0 aromatic carbocycles. The van der Waals surface area contributed by atoms with E-state index in [1.165, 1.54) is 18.0 Å². The van der Waals surface area contributed by atoms with Gasteiger partial charge in [0.05, 0.1) is 0 Å². The zero-order valence-electron chi connectivity index (χ0n) is 11.3. The third-order valence-electron chi connectivity index (χ3n) is 3.72. The maximum absolute atomic E-state index is 11.9. The van der Waals surface area contributed by atoms with Gasteiger partial charge in [-0.25, -0.2) is 4.79 Å². The second kappa shape index (κ2) is 5.31. The molecule has 1 saturated carbocycles. The molecule has 0 saturated heterocycles. The summed E-state index contributed by atoms with van der Waals surface area (Å²) in [5.41, 5.74) is -0.943. The maximum Gasteiger partial charge on any atom is 0.332 e. The lowest BCUT2D eigenvalue weighted by Gasteiger charge is -2.25. The lowest BCUT2D eigenvalue weighted by molar-refractivity contribution is 0.459. The van der Waals surface area contributed by atoms with Crippen LogP contribution in [0.3, 0.4) is 0 Å². The molecular formula is C13H18N4O2. The molecule has 1 aromatic heterocycles. The number of nitrogens with zero attached hydrogens (tertiary/aromatic N) is 3. The summed E-state index contributed by atoms with van der Waals surface area (Å²) in [6, 6.07) is 2.14. The van der Waals surface area contributed by atoms with Crippen LogP contribution in [-0.4, -0.2) is 15.2 Å². The minimum Gasteiger partial charge on any atom is -0.367 e. The van der Waals surface area contributed by atoms with Gasteiger partial charge >= 0.3 is 5.69 Å². The lowest BCUT2D eigenvalue weighted by atomic mass is 9.95. The third kappa shape index (κ3) is 2.41. The molecule has 0 unspecified atom stereocenters. The standard InChI is InChI=1S/C13H18N4O2/c1-16-11(15-9-6-4-3-5-7-9)10(8-14)12(18)17(2)13(16)19/h9,15H,3-7H2,1-2H3. The van der Waals surface area contributed by atoms with Crippen molar-refractivity contribution in [3.8, 4) is 6.07 Å². The Labute approximate surface area is 111 Å². The first-order valence-electron chi connectivity index (χ1n) is 6.53. The summed E-state index contributed by atoms with van der Waals surface area (Å²) in [5, 5.41) is 12.4. The van der Waals surface area contributed by atoms with Crippen LogP contribution >= 0.6 is 0 Å². The van der Waals surface area contributed by atoms with Crippen molar-refractivity contribution in [2.45, 2.75) is 38.1 Å². The largest absolute Gasteiger partial charge is 0.367 e. The number of nitrogens with one attached hydrogen (secondary N) is 1. The van der Waals surface area contributed by atoms with E-state index in [9.17, 15) is 9.59 Å². The third-order valence-corrected chi connectivity index (χ3v) is 3.72. The highest BCUT2D eigenvalue weighted by molar-refractivity contribution is 5.51. The molecule has 1 aliphatic rings. The fourth-order valence-electron chi connectivity index (χ4n) is 2.55. The first kappa shape index (κ1) is 13.4. The van der Waals surface area contributed by atoms with E-state index in [-0.39, 0.29) is 11.6 Å². The quantitative estimate of drug-likeness (QED) is 0.850. The Hall–Kier alpha value is -2.03. The van der Waals surface area contributed by atoms with Gasteiger partial charge in [-0.1, -0.05) is 19.3 Å². The van der Waals surface area contributed by atoms with Crippen molar-refractivity contribution in [1.82, 2.24) is 9.13 Å². The monoisotopic (exact) mass is 262 g/mol. The van der Waals surface area contributed by atoms with Gasteiger partial charge in [-0.15, -0.1) is 0 Å². The first-order chi connectivity index (χ1) is 9.06. The van der Waals surface area contributed by atoms with Crippen molar-refractivity contribution >= 4 is 5.82 Å². The molecule has 0 bridgehead atoms. The van der Waals surface area contributed by atoms with E-state index in [4.69, 9.17) is 5.26 Å². The Morgan fingerprint density at radius 3 is 2.37 bits per heavy atom. The van der Waals surface area contributed by atoms with Gasteiger partial charge in [0.15, 0.2) is 5.56 Å². The Bertz CT molecular complexity index is 630. The smallest absolute Gasteiger partial charge is 0.332 e. The molecule has 0 atom stereocenters. The van der Waals surface area contributed by atoms with Crippen molar-refractivity contribution in [1.29, 1.82) is 5.26 Å². The van der Waals surface area contributed by atoms with Crippen LogP contribution in [0.1, 0.15) is 37.7 Å². The van der Waals surface area contributed by atoms with E-state index in [0.29, 0.717) is 5.82 Å². The summed E-state index contributed by atoms with van der Waals surface area (Å²) < 4.78 is 2.30. The highest BCUT2D eigenvalue weighted by Gasteiger charge is 2.19. The van der Waals surface area contributed by atoms with Crippen molar-refractivity contribution in [2.75, 3.05) is 5.32 Å². The molecule has 6 nitrogen and oxygen atoms in total. The van der Waals surface area contributed by atoms with E-state index in [0.717, 1.165) is 30.3 Å². The fraction of sp³-hybridized carbons (Fsp3) is 0.615. The topological polar surface area (TPSA) is 79.8 Å². The molecule has 1 aromatic rings. The van der Waals surface area contributed by atoms with Crippen LogP contribution in [0.2, 0.25) is 0 Å². The van der Waals surface area contributed by atoms with Crippen LogP contribution < -0.4 is 16.6 Å². The first-order valence-corrected chi connectivity index (χ1v) is 6.53. The van der Waals surface area contributed by atoms with E-state index < -0.39 is 11.2 Å². The predicted molar refractivity (Wildman–Crippen MR) is 72.1 cm³/mol. The summed E-state index contributed by atoms with van der Waals surface area (Å²) in [7, 11) is 2.96. The molecule has 0 amide bonds. The second-order valence-corrected chi connectivity index (χ2v) is 5.02. The molecule has 2 rings (SSSR count). The molecule has 1 heterocycles. The highest BCUT2D eigenvalue weighted by atomic mass is 16.2. The molecule has 1 aliphatic carbocycles. The summed E-state index contributed by atoms with van der Waals surface area (Å²) in [5.74, 6) is 0.350. The van der Waals surface area contributed by atoms with Gasteiger partial charge in [0.25, 0.3) is 5.56 Å². The minimum atomic E-state index is -0.538. The zero-order valence-corrected chi connectivity index (χ0v) is 11.3. The van der Waals surface area contributed by atoms with Gasteiger partial charge in [-0.3, -0.25) is 13.9 Å². The number of rotatable bonds is 2. The van der Waals surface area contributed by atoms with Crippen LogP contribution in [0.4, 0.5) is 5.82 Å². The molecular weight excluding hydrogens is 244 g/mol. The van der Waals surface area contributed by atoms with Crippen molar-refractivity contribution in [3.05, 3.63) is 26.4 Å². The summed E-state index contributed by atoms with van der Waals surface area (Å²) >= 11 is 0. The SMILES string of the molecule is Cn1c(NC2CCCCC2)c(C#N)c(=O)n(C)c1=O. The van der Waals surface area contributed by atoms with Crippen molar-refractivity contribution < 1.29 is 0 Å². The number of anilines is 1. The Balaban J connectivity index is 2.47. The fourth-order valence-corrected chi connectivity index (χ4v) is 2.55. The van der Waals surface area contributed by atoms with Crippen LogP contribution in [0.25, 0.3) is 0 Å². The molecule has 19 heavy (non-hydrogen) atoms. The molecule has 1 N–H and O–H groups in total. The maximum atomic E-state index is 11.9. The molecule has 1 fully saturated rings. The van der Waals surface area contributed by atoms with E-state index in [2.05, 4.69) is 5.32 Å². The molecule has 0 radical (unpaired) electrons. The highest BCUT2D eigenvalue weighted by Crippen LogP contribution is 2.21. The van der Waals surface area contributed by atoms with Crippen molar-refractivity contribution in [3.63, 3.8) is 0 Å². The number of nitriles is 1. The van der Waals surface area contributed by atoms with Crippen molar-refractivity contribution in [2.24, 2.45) is 14.1 Å². The summed E-state index contributed by atoms with van der Waals surface area (Å²) in [4.78, 5) is 23.8. The van der Waals surface area contributed by atoms with Gasteiger partial charge in [-0.05, 0) is 12.8 Å². The number of aromatic nitrogens is 2. The minimum absolute atomic E-state index is 0.00942. The average molecular weight is 262 g/mol. The van der Waals surface area contributed by atoms with Crippen LogP contribution in [-0.2, 0) is 14.1 Å². The molecule has 0 spiro atoms. The van der Waals surface area contributed by atoms with Gasteiger partial charge in [-0.2, -0.15) is 5.26 Å². The zero-order chi connectivity index (χ0) is 14.0. The molecule has 6 heteroatoms. The van der Waals surface area contributed by atoms with Gasteiger partial charge in [0.1, 0.15) is 11.9 Å². The van der Waals surface area contributed by atoms with Crippen LogP contribution in [0.5, 0.6) is 0 Å². The summed E-state index contributed by atoms with van der Waals surface area (Å²) in [6.07, 6.45) is 5.51. The molecule has 0 aliphatic heterocycles. The number of hydrogen-bond acceptors (Lipinski definition) is 4. The molecule has 102 valence electrons. The van der Waals surface area contributed by atoms with Gasteiger partial charge in [0, 0.05) is 20.1 Å². The Morgan fingerprint density at radius 1 is 1.16 bits per heavy atom. The van der Waals surface area contributed by atoms with Gasteiger partial charge in [0.2, 0.25) is 0 Å². The Kier molecular flexibility index (Phi) is 3.74. The van der Waals surface area contributed by atoms with E-state index >= 15 is 0 Å². The Morgan fingerprint density at radius 2 is 1.79 bits per heavy atom. The van der Waals surface area contributed by atoms with E-state index in [1.807, 2.05) is 6.07 Å².